The second kappa shape index (κ2) is 15.3. The third-order valence-electron chi connectivity index (χ3n) is 9.50. The van der Waals surface area contributed by atoms with Crippen LogP contribution in [0.25, 0.3) is 0 Å². The van der Waals surface area contributed by atoms with E-state index in [4.69, 9.17) is 58.5 Å². The predicted octanol–water partition coefficient (Wildman–Crippen LogP) is 0.670. The number of carbonyl (C=O) groups is 2. The van der Waals surface area contributed by atoms with Crippen LogP contribution in [0.15, 0.2) is 30.3 Å². The summed E-state index contributed by atoms with van der Waals surface area (Å²) in [5, 5.41) is 33.5. The Morgan fingerprint density at radius 2 is 1.84 bits per heavy atom. The molecule has 0 unspecified atom stereocenters. The molecule has 0 aliphatic carbocycles. The average molecular weight is 719 g/mol. The molecule has 2 saturated heterocycles. The van der Waals surface area contributed by atoms with E-state index in [1.165, 1.54) is 0 Å². The van der Waals surface area contributed by atoms with Crippen molar-refractivity contribution in [1.29, 1.82) is 0 Å². The van der Waals surface area contributed by atoms with Gasteiger partial charge >= 0.3 is 11.9 Å². The van der Waals surface area contributed by atoms with Gasteiger partial charge in [0.1, 0.15) is 48.4 Å². The van der Waals surface area contributed by atoms with Gasteiger partial charge in [0.15, 0.2) is 29.6 Å². The van der Waals surface area contributed by atoms with Gasteiger partial charge in [0.25, 0.3) is 0 Å². The normalized spacial score (nSPS) is 30.7. The lowest BCUT2D eigenvalue weighted by Crippen LogP contribution is -2.63. The summed E-state index contributed by atoms with van der Waals surface area (Å²) < 4.78 is 47.6. The van der Waals surface area contributed by atoms with E-state index in [1.54, 1.807) is 25.2 Å². The van der Waals surface area contributed by atoms with Crippen LogP contribution in [0, 0.1) is 0 Å². The lowest BCUT2D eigenvalue weighted by Gasteiger charge is -2.44. The first-order valence-electron chi connectivity index (χ1n) is 17.0. The molecule has 0 saturated carbocycles. The summed E-state index contributed by atoms with van der Waals surface area (Å²) in [6, 6.07) is 8.39. The van der Waals surface area contributed by atoms with Crippen LogP contribution < -0.4 is 34.9 Å². The van der Waals surface area contributed by atoms with Gasteiger partial charge in [0.2, 0.25) is 6.79 Å². The Bertz CT molecular complexity index is 1580. The number of esters is 1. The van der Waals surface area contributed by atoms with Gasteiger partial charge in [-0.25, -0.2) is 0 Å². The lowest BCUT2D eigenvalue weighted by atomic mass is 9.89. The summed E-state index contributed by atoms with van der Waals surface area (Å²) in [4.78, 5) is 35.3. The van der Waals surface area contributed by atoms with Gasteiger partial charge in [-0.3, -0.25) is 9.59 Å². The number of carbonyl (C=O) groups excluding carboxylic acids is 1. The molecule has 6 N–H and O–H groups in total. The van der Waals surface area contributed by atoms with Crippen LogP contribution in [-0.2, 0) is 33.4 Å². The lowest BCUT2D eigenvalue weighted by molar-refractivity contribution is -0.380. The summed E-state index contributed by atoms with van der Waals surface area (Å²) in [7, 11) is 1.74. The number of hydrogen-bond donors (Lipinski definition) is 5. The maximum Gasteiger partial charge on any atom is 0.317 e. The highest BCUT2D eigenvalue weighted by atomic mass is 17.2. The van der Waals surface area contributed by atoms with E-state index in [1.807, 2.05) is 12.1 Å². The highest BCUT2D eigenvalue weighted by molar-refractivity contribution is 5.90. The number of aliphatic carboxylic acids is 1. The minimum Gasteiger partial charge on any atom is -0.492 e. The number of ether oxygens (including phenoxy) is 8. The molecule has 5 heterocycles. The van der Waals surface area contributed by atoms with E-state index in [2.05, 4.69) is 5.32 Å². The molecular weight excluding hydrogens is 676 g/mol. The van der Waals surface area contributed by atoms with Gasteiger partial charge in [0.05, 0.1) is 25.2 Å². The van der Waals surface area contributed by atoms with E-state index in [-0.39, 0.29) is 50.6 Å². The fourth-order valence-electron chi connectivity index (χ4n) is 7.10. The molecule has 0 aromatic heterocycles. The Kier molecular flexibility index (Phi) is 10.7. The number of benzene rings is 2. The van der Waals surface area contributed by atoms with Gasteiger partial charge in [-0.2, -0.15) is 4.89 Å². The first kappa shape index (κ1) is 35.5. The molecule has 51 heavy (non-hydrogen) atoms. The molecule has 5 aliphatic rings. The number of aliphatic hydroxyl groups is 2. The Morgan fingerprint density at radius 1 is 1.02 bits per heavy atom. The van der Waals surface area contributed by atoms with Crippen molar-refractivity contribution in [1.82, 2.24) is 5.32 Å². The van der Waals surface area contributed by atoms with Crippen molar-refractivity contribution in [2.24, 2.45) is 5.73 Å². The fraction of sp³-hybridized carbons (Fsp3) is 0.588. The molecule has 17 nitrogen and oxygen atoms in total. The number of likely N-dealkylation sites (N-methyl/N-ethyl adjacent to an activating group) is 1. The largest absolute Gasteiger partial charge is 0.492 e. The number of nitrogens with one attached hydrogen (secondary N) is 1. The van der Waals surface area contributed by atoms with Crippen LogP contribution in [0.2, 0.25) is 0 Å². The van der Waals surface area contributed by atoms with Gasteiger partial charge < -0.3 is 69.2 Å². The minimum absolute atomic E-state index is 0.0103. The van der Waals surface area contributed by atoms with Crippen LogP contribution in [0.4, 0.5) is 0 Å². The molecule has 2 aromatic carbocycles. The zero-order chi connectivity index (χ0) is 35.6. The van der Waals surface area contributed by atoms with E-state index in [0.29, 0.717) is 42.6 Å². The molecule has 2 aromatic rings. The molecule has 10 atom stereocenters. The third kappa shape index (κ3) is 7.52. The van der Waals surface area contributed by atoms with E-state index in [0.717, 1.165) is 11.1 Å². The van der Waals surface area contributed by atoms with Crippen LogP contribution in [0.3, 0.4) is 0 Å². The van der Waals surface area contributed by atoms with Crippen molar-refractivity contribution in [3.05, 3.63) is 41.5 Å². The number of carboxylic acid groups (broad SMARTS) is 1. The van der Waals surface area contributed by atoms with E-state index in [9.17, 15) is 19.8 Å². The van der Waals surface area contributed by atoms with Crippen molar-refractivity contribution >= 4 is 11.9 Å². The standard InChI is InChI=1S/C34H42N2O15/c1-36-12-16(35)13-43-34-33(29(41)32-31(49-34)23(47-28(40)11-27(38)39)5-2-17(46-32)6-7-37)51-50-18-3-4-22-20(8-18)30-21(14-42-22)19-9-25-26(45-15-44-25)10-24(19)48-30/h3-4,8-10,16-17,21,23,29-34,36-37,41H,2,5-7,11-15,35H2,1H3,(H,38,39)/t16-,17+,21+,23-,29-,30-,31+,32+,33+,34-/m0/s1. The van der Waals surface area contributed by atoms with Gasteiger partial charge in [-0.1, -0.05) is 0 Å². The third-order valence-corrected chi connectivity index (χ3v) is 9.50. The Labute approximate surface area is 292 Å². The van der Waals surface area contributed by atoms with Crippen molar-refractivity contribution in [2.75, 3.05) is 40.2 Å². The molecular formula is C34H42N2O15. The molecule has 7 rings (SSSR count). The summed E-state index contributed by atoms with van der Waals surface area (Å²) in [6.07, 6.45) is -8.24. The summed E-state index contributed by atoms with van der Waals surface area (Å²) >= 11 is 0. The smallest absolute Gasteiger partial charge is 0.317 e. The van der Waals surface area contributed by atoms with Gasteiger partial charge in [0, 0.05) is 36.4 Å². The molecule has 5 aliphatic heterocycles. The minimum atomic E-state index is -1.46. The van der Waals surface area contributed by atoms with Gasteiger partial charge in [-0.05, 0) is 50.6 Å². The molecule has 0 amide bonds. The molecule has 17 heteroatoms. The van der Waals surface area contributed by atoms with Crippen LogP contribution in [0.5, 0.6) is 28.7 Å². The van der Waals surface area contributed by atoms with E-state index < -0.39 is 67.3 Å². The second-order valence-corrected chi connectivity index (χ2v) is 13.1. The predicted molar refractivity (Wildman–Crippen MR) is 170 cm³/mol. The van der Waals surface area contributed by atoms with Crippen LogP contribution in [0.1, 0.15) is 48.8 Å². The topological polar surface area (TPSA) is 225 Å². The molecule has 278 valence electrons. The highest BCUT2D eigenvalue weighted by Crippen LogP contribution is 2.54. The van der Waals surface area contributed by atoms with Crippen LogP contribution in [-0.4, -0.2) is 116 Å². The zero-order valence-electron chi connectivity index (χ0n) is 27.8. The maximum atomic E-state index is 12.4. The number of rotatable bonds is 13. The molecule has 0 radical (unpaired) electrons. The summed E-state index contributed by atoms with van der Waals surface area (Å²) in [6.45, 7) is 0.762. The summed E-state index contributed by atoms with van der Waals surface area (Å²) in [5.41, 5.74) is 7.84. The first-order valence-corrected chi connectivity index (χ1v) is 17.0. The Hall–Kier alpha value is -3.94. The Balaban J connectivity index is 1.11. The van der Waals surface area contributed by atoms with Gasteiger partial charge in [-0.15, -0.1) is 0 Å². The molecule has 2 fully saturated rings. The average Bonchev–Trinajstić information content (AvgIpc) is 3.67. The van der Waals surface area contributed by atoms with Crippen LogP contribution >= 0.6 is 0 Å². The molecule has 0 bridgehead atoms. The maximum absolute atomic E-state index is 12.4. The van der Waals surface area contributed by atoms with Crippen molar-refractivity contribution < 1.29 is 72.6 Å². The number of carboxylic acids is 1. The zero-order valence-corrected chi connectivity index (χ0v) is 27.8. The highest BCUT2D eigenvalue weighted by Gasteiger charge is 2.54. The monoisotopic (exact) mass is 718 g/mol. The first-order chi connectivity index (χ1) is 24.7. The second-order valence-electron chi connectivity index (χ2n) is 13.1. The number of aliphatic hydroxyl groups excluding tert-OH is 2. The fourth-order valence-corrected chi connectivity index (χ4v) is 7.10. The SMILES string of the molecule is CNC[C@H](N)CO[C@H]1O[C@H]2[C@H](O[C@@H](CCO)CC[C@@H]2OC(=O)CC(=O)O)[C@H](O)[C@H]1OOc1ccc2c(c1)[C@@H]1Oc3cc4c(cc3[C@H]1CO2)OCO4. The van der Waals surface area contributed by atoms with E-state index >= 15 is 0 Å². The van der Waals surface area contributed by atoms with Crippen molar-refractivity contribution in [3.63, 3.8) is 0 Å². The number of fused-ring (bicyclic) bond motifs is 7. The Morgan fingerprint density at radius 3 is 2.63 bits per heavy atom. The number of hydrogen-bond acceptors (Lipinski definition) is 16. The summed E-state index contributed by atoms with van der Waals surface area (Å²) in [5.74, 6) is 0.394. The number of nitrogens with two attached hydrogens (primary N) is 1. The van der Waals surface area contributed by atoms with Crippen molar-refractivity contribution in [3.8, 4) is 28.7 Å². The van der Waals surface area contributed by atoms with Crippen molar-refractivity contribution in [2.45, 2.75) is 86.7 Å². The quantitative estimate of drug-likeness (QED) is 0.0830. The molecule has 0 spiro atoms.